The van der Waals surface area contributed by atoms with Crippen molar-refractivity contribution >= 4 is 11.5 Å². The van der Waals surface area contributed by atoms with Gasteiger partial charge in [-0.3, -0.25) is 19.9 Å². The molecular weight excluding hydrogens is 272 g/mol. The summed E-state index contributed by atoms with van der Waals surface area (Å²) in [5, 5.41) is 10.7. The Bertz CT molecular complexity index is 681. The second-order valence-corrected chi connectivity index (χ2v) is 4.57. The van der Waals surface area contributed by atoms with E-state index in [1.807, 2.05) is 13.0 Å². The number of nitrogens with zero attached hydrogens (tertiary/aromatic N) is 2. The van der Waals surface area contributed by atoms with Gasteiger partial charge in [-0.1, -0.05) is 6.07 Å². The first-order chi connectivity index (χ1) is 10.0. The zero-order chi connectivity index (χ0) is 15.4. The zero-order valence-electron chi connectivity index (χ0n) is 11.7. The molecule has 0 bridgehead atoms. The van der Waals surface area contributed by atoms with Gasteiger partial charge < -0.3 is 4.74 Å². The van der Waals surface area contributed by atoms with Gasteiger partial charge in [0, 0.05) is 18.0 Å². The molecular formula is C15H14N2O4. The summed E-state index contributed by atoms with van der Waals surface area (Å²) in [5.41, 5.74) is 1.85. The van der Waals surface area contributed by atoms with Gasteiger partial charge in [0.1, 0.15) is 5.75 Å². The van der Waals surface area contributed by atoms with Crippen molar-refractivity contribution in [2.24, 2.45) is 0 Å². The summed E-state index contributed by atoms with van der Waals surface area (Å²) >= 11 is 0. The number of Topliss-reactive ketones (excluding diaryl/α,β-unsaturated/α-hetero) is 1. The lowest BCUT2D eigenvalue weighted by molar-refractivity contribution is -0.384. The molecule has 0 spiro atoms. The highest BCUT2D eigenvalue weighted by atomic mass is 16.6. The Morgan fingerprint density at radius 2 is 2.10 bits per heavy atom. The molecule has 0 atom stereocenters. The molecule has 21 heavy (non-hydrogen) atoms. The fourth-order valence-electron chi connectivity index (χ4n) is 1.89. The summed E-state index contributed by atoms with van der Waals surface area (Å²) in [6.07, 6.45) is 1.81. The van der Waals surface area contributed by atoms with Crippen LogP contribution in [0.5, 0.6) is 5.75 Å². The second kappa shape index (κ2) is 6.13. The Kier molecular flexibility index (Phi) is 4.27. The zero-order valence-corrected chi connectivity index (χ0v) is 11.7. The van der Waals surface area contributed by atoms with E-state index >= 15 is 0 Å². The van der Waals surface area contributed by atoms with Crippen molar-refractivity contribution < 1.29 is 14.5 Å². The van der Waals surface area contributed by atoms with Crippen molar-refractivity contribution in [3.8, 4) is 5.75 Å². The smallest absolute Gasteiger partial charge is 0.273 e. The number of ether oxygens (including phenoxy) is 1. The molecule has 0 N–H and O–H groups in total. The molecule has 0 saturated carbocycles. The Morgan fingerprint density at radius 1 is 1.33 bits per heavy atom. The number of carbonyl (C=O) groups excluding carboxylic acids is 1. The second-order valence-electron chi connectivity index (χ2n) is 4.57. The van der Waals surface area contributed by atoms with Crippen LogP contribution in [0.3, 0.4) is 0 Å². The van der Waals surface area contributed by atoms with Crippen LogP contribution in [-0.2, 0) is 6.42 Å². The minimum Gasteiger partial charge on any atom is -0.496 e. The maximum absolute atomic E-state index is 12.3. The molecule has 1 heterocycles. The lowest BCUT2D eigenvalue weighted by Crippen LogP contribution is -2.07. The minimum absolute atomic E-state index is 0.114. The third-order valence-corrected chi connectivity index (χ3v) is 3.01. The summed E-state index contributed by atoms with van der Waals surface area (Å²) < 4.78 is 5.07. The van der Waals surface area contributed by atoms with Gasteiger partial charge in [-0.2, -0.15) is 0 Å². The molecule has 2 rings (SSSR count). The first-order valence-corrected chi connectivity index (χ1v) is 6.28. The molecule has 2 aromatic rings. The van der Waals surface area contributed by atoms with Crippen LogP contribution in [-0.4, -0.2) is 22.8 Å². The lowest BCUT2D eigenvalue weighted by Gasteiger charge is -2.07. The van der Waals surface area contributed by atoms with Gasteiger partial charge in [0.2, 0.25) is 0 Å². The summed E-state index contributed by atoms with van der Waals surface area (Å²) in [6, 6.07) is 7.61. The normalized spacial score (nSPS) is 10.2. The third-order valence-electron chi connectivity index (χ3n) is 3.01. The standard InChI is InChI=1S/C15H14N2O4/c1-10-3-4-11(16-9-10)7-14(18)13-6-5-12(17(19)20)8-15(13)21-2/h3-6,8-9H,7H2,1-2H3. The van der Waals surface area contributed by atoms with Crippen LogP contribution in [0, 0.1) is 17.0 Å². The summed E-state index contributed by atoms with van der Waals surface area (Å²) in [7, 11) is 1.37. The van der Waals surface area contributed by atoms with E-state index in [4.69, 9.17) is 4.74 Å². The number of aryl methyl sites for hydroxylation is 1. The molecule has 0 amide bonds. The predicted molar refractivity (Wildman–Crippen MR) is 76.7 cm³/mol. The number of benzene rings is 1. The summed E-state index contributed by atoms with van der Waals surface area (Å²) in [6.45, 7) is 1.91. The Hall–Kier alpha value is -2.76. The van der Waals surface area contributed by atoms with Crippen LogP contribution < -0.4 is 4.74 Å². The molecule has 0 saturated heterocycles. The Morgan fingerprint density at radius 3 is 2.67 bits per heavy atom. The molecule has 0 aliphatic rings. The number of pyridine rings is 1. The van der Waals surface area contributed by atoms with Gasteiger partial charge in [0.25, 0.3) is 5.69 Å². The van der Waals surface area contributed by atoms with Crippen LogP contribution in [0.4, 0.5) is 5.69 Å². The number of non-ortho nitro benzene ring substituents is 1. The van der Waals surface area contributed by atoms with E-state index in [0.717, 1.165) is 5.56 Å². The predicted octanol–water partition coefficient (Wildman–Crippen LogP) is 2.73. The van der Waals surface area contributed by atoms with E-state index < -0.39 is 4.92 Å². The highest BCUT2D eigenvalue weighted by molar-refractivity contribution is 6.00. The Labute approximate surface area is 121 Å². The number of hydrogen-bond donors (Lipinski definition) is 0. The summed E-state index contributed by atoms with van der Waals surface area (Å²) in [5.74, 6) is -0.000544. The van der Waals surface area contributed by atoms with Crippen LogP contribution >= 0.6 is 0 Å². The topological polar surface area (TPSA) is 82.3 Å². The molecule has 108 valence electrons. The number of aromatic nitrogens is 1. The molecule has 6 nitrogen and oxygen atoms in total. The van der Waals surface area contributed by atoms with E-state index in [0.29, 0.717) is 11.3 Å². The minimum atomic E-state index is -0.529. The number of nitro groups is 1. The highest BCUT2D eigenvalue weighted by Crippen LogP contribution is 2.25. The van der Waals surface area contributed by atoms with Crippen LogP contribution in [0.1, 0.15) is 21.6 Å². The van der Waals surface area contributed by atoms with Crippen molar-refractivity contribution in [3.63, 3.8) is 0 Å². The number of rotatable bonds is 5. The number of methoxy groups -OCH3 is 1. The van der Waals surface area contributed by atoms with Crippen LogP contribution in [0.2, 0.25) is 0 Å². The largest absolute Gasteiger partial charge is 0.496 e. The van der Waals surface area contributed by atoms with Crippen molar-refractivity contribution in [3.05, 3.63) is 63.5 Å². The van der Waals surface area contributed by atoms with Crippen LogP contribution in [0.25, 0.3) is 0 Å². The van der Waals surface area contributed by atoms with E-state index in [-0.39, 0.29) is 23.6 Å². The molecule has 0 aliphatic heterocycles. The van der Waals surface area contributed by atoms with Gasteiger partial charge in [0.05, 0.1) is 30.1 Å². The van der Waals surface area contributed by atoms with E-state index in [1.165, 1.54) is 25.3 Å². The highest BCUT2D eigenvalue weighted by Gasteiger charge is 2.17. The van der Waals surface area contributed by atoms with E-state index in [9.17, 15) is 14.9 Å². The molecule has 1 aromatic carbocycles. The molecule has 0 fully saturated rings. The van der Waals surface area contributed by atoms with Crippen molar-refractivity contribution in [2.75, 3.05) is 7.11 Å². The van der Waals surface area contributed by atoms with Crippen molar-refractivity contribution in [1.29, 1.82) is 0 Å². The lowest BCUT2D eigenvalue weighted by atomic mass is 10.0. The van der Waals surface area contributed by atoms with Crippen LogP contribution in [0.15, 0.2) is 36.5 Å². The van der Waals surface area contributed by atoms with Gasteiger partial charge >= 0.3 is 0 Å². The van der Waals surface area contributed by atoms with Gasteiger partial charge in [0.15, 0.2) is 5.78 Å². The summed E-state index contributed by atoms with van der Waals surface area (Å²) in [4.78, 5) is 26.6. The van der Waals surface area contributed by atoms with Gasteiger partial charge in [-0.05, 0) is 24.6 Å². The maximum Gasteiger partial charge on any atom is 0.273 e. The molecule has 0 aliphatic carbocycles. The number of ketones is 1. The number of carbonyl (C=O) groups is 1. The average Bonchev–Trinajstić information content (AvgIpc) is 2.48. The Balaban J connectivity index is 2.26. The number of nitro benzene ring substituents is 1. The van der Waals surface area contributed by atoms with Crippen molar-refractivity contribution in [1.82, 2.24) is 4.98 Å². The van der Waals surface area contributed by atoms with Crippen molar-refractivity contribution in [2.45, 2.75) is 13.3 Å². The molecule has 6 heteroatoms. The van der Waals surface area contributed by atoms with Gasteiger partial charge in [-0.15, -0.1) is 0 Å². The maximum atomic E-state index is 12.3. The first-order valence-electron chi connectivity index (χ1n) is 6.28. The SMILES string of the molecule is COc1cc([N+](=O)[O-])ccc1C(=O)Cc1ccc(C)cn1. The third kappa shape index (κ3) is 3.42. The fraction of sp³-hybridized carbons (Fsp3) is 0.200. The molecule has 0 radical (unpaired) electrons. The molecule has 1 aromatic heterocycles. The monoisotopic (exact) mass is 286 g/mol. The molecule has 0 unspecified atom stereocenters. The van der Waals surface area contributed by atoms with E-state index in [1.54, 1.807) is 12.3 Å². The fourth-order valence-corrected chi connectivity index (χ4v) is 1.89. The number of hydrogen-bond acceptors (Lipinski definition) is 5. The van der Waals surface area contributed by atoms with E-state index in [2.05, 4.69) is 4.98 Å². The van der Waals surface area contributed by atoms with Gasteiger partial charge in [-0.25, -0.2) is 0 Å². The average molecular weight is 286 g/mol. The first kappa shape index (κ1) is 14.6. The quantitative estimate of drug-likeness (QED) is 0.479.